The summed E-state index contributed by atoms with van der Waals surface area (Å²) in [6.07, 6.45) is -1.84. The van der Waals surface area contributed by atoms with Gasteiger partial charge < -0.3 is 5.32 Å². The van der Waals surface area contributed by atoms with Gasteiger partial charge in [0.25, 0.3) is 5.91 Å². The van der Waals surface area contributed by atoms with E-state index >= 15 is 4.39 Å². The molecule has 0 aliphatic heterocycles. The standard InChI is InChI=1S/C23H12F5N3O2/c24-15-5-7-17(31-22(33)13-2-1-3-14(10-13)23(26,27)28)20(25)19(15)21(32)12-4-6-16-18(11-12)30-9-8-29-16/h1-11H,(H,31,33). The number of nitrogens with zero attached hydrogens (tertiary/aromatic N) is 2. The predicted molar refractivity (Wildman–Crippen MR) is 109 cm³/mol. The lowest BCUT2D eigenvalue weighted by atomic mass is 10.0. The molecule has 10 heteroatoms. The fourth-order valence-corrected chi connectivity index (χ4v) is 3.14. The predicted octanol–water partition coefficient (Wildman–Crippen LogP) is 5.41. The van der Waals surface area contributed by atoms with Gasteiger partial charge in [0.05, 0.1) is 27.8 Å². The second-order valence-corrected chi connectivity index (χ2v) is 6.91. The van der Waals surface area contributed by atoms with Crippen molar-refractivity contribution in [3.8, 4) is 0 Å². The highest BCUT2D eigenvalue weighted by atomic mass is 19.4. The summed E-state index contributed by atoms with van der Waals surface area (Å²) in [5.41, 5.74) is -2.22. The third-order valence-electron chi connectivity index (χ3n) is 4.75. The SMILES string of the molecule is O=C(Nc1ccc(F)c(C(=O)c2ccc3nccnc3c2)c1F)c1cccc(C(F)(F)F)c1. The van der Waals surface area contributed by atoms with Gasteiger partial charge in [0, 0.05) is 23.5 Å². The third-order valence-corrected chi connectivity index (χ3v) is 4.75. The van der Waals surface area contributed by atoms with Crippen molar-refractivity contribution in [2.24, 2.45) is 0 Å². The van der Waals surface area contributed by atoms with Gasteiger partial charge >= 0.3 is 6.18 Å². The molecule has 4 rings (SSSR count). The van der Waals surface area contributed by atoms with Gasteiger partial charge in [0.15, 0.2) is 11.6 Å². The van der Waals surface area contributed by atoms with Crippen LogP contribution in [0.2, 0.25) is 0 Å². The molecule has 1 amide bonds. The van der Waals surface area contributed by atoms with Gasteiger partial charge in [0.2, 0.25) is 0 Å². The number of halogens is 5. The summed E-state index contributed by atoms with van der Waals surface area (Å²) in [4.78, 5) is 33.3. The van der Waals surface area contributed by atoms with Crippen molar-refractivity contribution in [2.45, 2.75) is 6.18 Å². The molecule has 1 N–H and O–H groups in total. The molecule has 0 bridgehead atoms. The van der Waals surface area contributed by atoms with Crippen LogP contribution < -0.4 is 5.32 Å². The van der Waals surface area contributed by atoms with Crippen molar-refractivity contribution in [3.05, 3.63) is 101 Å². The Hall–Kier alpha value is -4.21. The largest absolute Gasteiger partial charge is 0.416 e. The van der Waals surface area contributed by atoms with Crippen LogP contribution in [0, 0.1) is 11.6 Å². The first kappa shape index (κ1) is 22.0. The number of carbonyl (C=O) groups is 2. The van der Waals surface area contributed by atoms with Gasteiger partial charge in [-0.1, -0.05) is 6.07 Å². The minimum atomic E-state index is -4.68. The molecule has 3 aromatic carbocycles. The van der Waals surface area contributed by atoms with Crippen LogP contribution in [0.25, 0.3) is 11.0 Å². The van der Waals surface area contributed by atoms with Gasteiger partial charge in [-0.05, 0) is 48.5 Å². The number of aromatic nitrogens is 2. The molecule has 0 aliphatic rings. The quantitative estimate of drug-likeness (QED) is 0.329. The molecule has 0 saturated carbocycles. The monoisotopic (exact) mass is 457 g/mol. The van der Waals surface area contributed by atoms with E-state index in [4.69, 9.17) is 0 Å². The number of fused-ring (bicyclic) bond motifs is 1. The minimum absolute atomic E-state index is 0.0674. The number of ketones is 1. The molecule has 0 unspecified atom stereocenters. The maximum atomic E-state index is 15.0. The van der Waals surface area contributed by atoms with Gasteiger partial charge in [-0.25, -0.2) is 8.78 Å². The van der Waals surface area contributed by atoms with Crippen molar-refractivity contribution in [2.75, 3.05) is 5.32 Å². The Bertz CT molecular complexity index is 1400. The summed E-state index contributed by atoms with van der Waals surface area (Å²) >= 11 is 0. The van der Waals surface area contributed by atoms with E-state index in [0.29, 0.717) is 17.1 Å². The minimum Gasteiger partial charge on any atom is -0.319 e. The molecule has 1 heterocycles. The van der Waals surface area contributed by atoms with Crippen molar-refractivity contribution >= 4 is 28.4 Å². The lowest BCUT2D eigenvalue weighted by Gasteiger charge is -2.12. The molecule has 4 aromatic rings. The number of nitrogens with one attached hydrogen (secondary N) is 1. The number of hydrogen-bond donors (Lipinski definition) is 1. The molecule has 0 saturated heterocycles. The zero-order valence-electron chi connectivity index (χ0n) is 16.5. The molecule has 166 valence electrons. The zero-order valence-corrected chi connectivity index (χ0v) is 16.5. The van der Waals surface area contributed by atoms with E-state index in [1.165, 1.54) is 30.6 Å². The first-order valence-electron chi connectivity index (χ1n) is 9.37. The van der Waals surface area contributed by atoms with E-state index < -0.39 is 51.9 Å². The summed E-state index contributed by atoms with van der Waals surface area (Å²) < 4.78 is 68.1. The lowest BCUT2D eigenvalue weighted by molar-refractivity contribution is -0.137. The Balaban J connectivity index is 1.67. The molecule has 0 aliphatic carbocycles. The first-order chi connectivity index (χ1) is 15.6. The van der Waals surface area contributed by atoms with Crippen LogP contribution in [0.4, 0.5) is 27.6 Å². The van der Waals surface area contributed by atoms with Crippen LogP contribution in [0.5, 0.6) is 0 Å². The van der Waals surface area contributed by atoms with Crippen LogP contribution >= 0.6 is 0 Å². The Morgan fingerprint density at radius 1 is 0.818 bits per heavy atom. The maximum absolute atomic E-state index is 15.0. The van der Waals surface area contributed by atoms with E-state index in [-0.39, 0.29) is 5.56 Å². The number of hydrogen-bond acceptors (Lipinski definition) is 4. The van der Waals surface area contributed by atoms with Crippen LogP contribution in [0.1, 0.15) is 31.8 Å². The molecule has 0 radical (unpaired) electrons. The highest BCUT2D eigenvalue weighted by Crippen LogP contribution is 2.30. The lowest BCUT2D eigenvalue weighted by Crippen LogP contribution is -2.17. The van der Waals surface area contributed by atoms with E-state index in [1.54, 1.807) is 0 Å². The number of amides is 1. The van der Waals surface area contributed by atoms with Crippen molar-refractivity contribution in [3.63, 3.8) is 0 Å². The summed E-state index contributed by atoms with van der Waals surface area (Å²) in [5.74, 6) is -4.60. The average Bonchev–Trinajstić information content (AvgIpc) is 2.80. The molecule has 1 aromatic heterocycles. The molecule has 0 spiro atoms. The number of alkyl halides is 3. The Kier molecular flexibility index (Phi) is 5.59. The topological polar surface area (TPSA) is 72.0 Å². The zero-order chi connectivity index (χ0) is 23.8. The van der Waals surface area contributed by atoms with Crippen LogP contribution in [-0.4, -0.2) is 21.7 Å². The number of rotatable bonds is 4. The molecule has 0 fully saturated rings. The van der Waals surface area contributed by atoms with Gasteiger partial charge in [-0.15, -0.1) is 0 Å². The van der Waals surface area contributed by atoms with E-state index in [2.05, 4.69) is 15.3 Å². The number of anilines is 1. The third kappa shape index (κ3) is 4.40. The molecular formula is C23H12F5N3O2. The molecule has 0 atom stereocenters. The average molecular weight is 457 g/mol. The number of carbonyl (C=O) groups excluding carboxylic acids is 2. The fraction of sp³-hybridized carbons (Fsp3) is 0.0435. The van der Waals surface area contributed by atoms with Gasteiger partial charge in [0.1, 0.15) is 5.82 Å². The highest BCUT2D eigenvalue weighted by Gasteiger charge is 2.31. The molecule has 5 nitrogen and oxygen atoms in total. The van der Waals surface area contributed by atoms with Crippen molar-refractivity contribution in [1.82, 2.24) is 9.97 Å². The summed E-state index contributed by atoms with van der Waals surface area (Å²) in [6.45, 7) is 0. The van der Waals surface area contributed by atoms with Crippen LogP contribution in [0.15, 0.2) is 67.0 Å². The van der Waals surface area contributed by atoms with E-state index in [0.717, 1.165) is 30.3 Å². The first-order valence-corrected chi connectivity index (χ1v) is 9.37. The van der Waals surface area contributed by atoms with Crippen molar-refractivity contribution < 1.29 is 31.5 Å². The van der Waals surface area contributed by atoms with Gasteiger partial charge in [-0.3, -0.25) is 19.6 Å². The normalized spacial score (nSPS) is 11.4. The second kappa shape index (κ2) is 8.38. The van der Waals surface area contributed by atoms with E-state index in [9.17, 15) is 27.2 Å². The Morgan fingerprint density at radius 2 is 1.55 bits per heavy atom. The smallest absolute Gasteiger partial charge is 0.319 e. The van der Waals surface area contributed by atoms with Crippen LogP contribution in [0.3, 0.4) is 0 Å². The highest BCUT2D eigenvalue weighted by molar-refractivity contribution is 6.12. The molecular weight excluding hydrogens is 445 g/mol. The maximum Gasteiger partial charge on any atom is 0.416 e. The van der Waals surface area contributed by atoms with Crippen LogP contribution in [-0.2, 0) is 6.18 Å². The second-order valence-electron chi connectivity index (χ2n) is 6.91. The number of benzene rings is 3. The summed E-state index contributed by atoms with van der Waals surface area (Å²) in [5, 5.41) is 2.09. The summed E-state index contributed by atoms with van der Waals surface area (Å²) in [6, 6.07) is 9.26. The fourth-order valence-electron chi connectivity index (χ4n) is 3.14. The molecule has 33 heavy (non-hydrogen) atoms. The van der Waals surface area contributed by atoms with Crippen molar-refractivity contribution in [1.29, 1.82) is 0 Å². The Labute approximate surface area is 182 Å². The summed E-state index contributed by atoms with van der Waals surface area (Å²) in [7, 11) is 0. The van der Waals surface area contributed by atoms with E-state index in [1.807, 2.05) is 0 Å². The Morgan fingerprint density at radius 3 is 2.27 bits per heavy atom. The van der Waals surface area contributed by atoms with Gasteiger partial charge in [-0.2, -0.15) is 13.2 Å².